The largest absolute Gasteiger partial charge is 0.343 e. The van der Waals surface area contributed by atoms with Gasteiger partial charge >= 0.3 is 0 Å². The van der Waals surface area contributed by atoms with Gasteiger partial charge in [0.05, 0.1) is 41.1 Å². The Hall–Kier alpha value is -5.44. The van der Waals surface area contributed by atoms with E-state index in [9.17, 15) is 14.0 Å². The normalized spacial score (nSPS) is 14.5. The highest BCUT2D eigenvalue weighted by molar-refractivity contribution is 7.14. The summed E-state index contributed by atoms with van der Waals surface area (Å²) in [4.78, 5) is 44.0. The highest BCUT2D eigenvalue weighted by Gasteiger charge is 2.39. The zero-order chi connectivity index (χ0) is 32.2. The molecule has 47 heavy (non-hydrogen) atoms. The van der Waals surface area contributed by atoms with Crippen LogP contribution in [0.15, 0.2) is 70.8 Å². The van der Waals surface area contributed by atoms with Crippen molar-refractivity contribution in [1.29, 1.82) is 0 Å². The molecule has 15 heteroatoms. The lowest BCUT2D eigenvalue weighted by atomic mass is 9.89. The van der Waals surface area contributed by atoms with Crippen molar-refractivity contribution in [2.45, 2.75) is 57.0 Å². The molecule has 2 N–H and O–H groups in total. The average molecular weight is 653 g/mol. The Morgan fingerprint density at radius 2 is 1.74 bits per heavy atom. The summed E-state index contributed by atoms with van der Waals surface area (Å²) >= 11 is 1.16. The molecule has 1 fully saturated rings. The average Bonchev–Trinajstić information content (AvgIpc) is 3.81. The zero-order valence-corrected chi connectivity index (χ0v) is 25.9. The van der Waals surface area contributed by atoms with Crippen molar-refractivity contribution >= 4 is 39.3 Å². The van der Waals surface area contributed by atoms with Crippen molar-refractivity contribution in [2.75, 3.05) is 5.32 Å². The van der Waals surface area contributed by atoms with E-state index in [1.165, 1.54) is 18.2 Å². The Balaban J connectivity index is 1.03. The van der Waals surface area contributed by atoms with E-state index >= 15 is 0 Å². The number of nitrogens with one attached hydrogen (secondary N) is 2. The van der Waals surface area contributed by atoms with Gasteiger partial charge in [0, 0.05) is 5.38 Å². The van der Waals surface area contributed by atoms with Crippen molar-refractivity contribution in [2.24, 2.45) is 0 Å². The van der Waals surface area contributed by atoms with E-state index in [1.807, 2.05) is 24.3 Å². The number of rotatable bonds is 9. The summed E-state index contributed by atoms with van der Waals surface area (Å²) in [5.74, 6) is -0.745. The number of nitrogens with zero attached hydrogens (tertiary/aromatic N) is 8. The predicted octanol–water partition coefficient (Wildman–Crippen LogP) is 5.08. The van der Waals surface area contributed by atoms with Gasteiger partial charge in [-0.2, -0.15) is 4.98 Å². The van der Waals surface area contributed by atoms with Crippen LogP contribution >= 0.6 is 11.3 Å². The molecule has 0 unspecified atom stereocenters. The van der Waals surface area contributed by atoms with E-state index < -0.39 is 17.3 Å². The minimum atomic E-state index is -0.804. The van der Waals surface area contributed by atoms with Crippen LogP contribution in [0.3, 0.4) is 0 Å². The first-order chi connectivity index (χ1) is 22.9. The minimum Gasteiger partial charge on any atom is -0.343 e. The molecule has 0 radical (unpaired) electrons. The van der Waals surface area contributed by atoms with Crippen LogP contribution in [0.2, 0.25) is 0 Å². The third-order valence-electron chi connectivity index (χ3n) is 8.01. The number of amides is 2. The van der Waals surface area contributed by atoms with Gasteiger partial charge in [0.25, 0.3) is 5.91 Å². The third kappa shape index (κ3) is 6.74. The second kappa shape index (κ2) is 13.1. The number of hydrogen-bond acceptors (Lipinski definition) is 11. The molecule has 7 rings (SSSR count). The fraction of sp³-hybridized carbons (Fsp3) is 0.281. The number of benzene rings is 2. The lowest BCUT2D eigenvalue weighted by molar-refractivity contribution is -0.122. The topological polar surface area (TPSA) is 166 Å². The van der Waals surface area contributed by atoms with Crippen LogP contribution in [-0.4, -0.2) is 51.9 Å². The van der Waals surface area contributed by atoms with Gasteiger partial charge in [-0.05, 0) is 37.1 Å². The highest BCUT2D eigenvalue weighted by atomic mass is 32.1. The van der Waals surface area contributed by atoms with Crippen LogP contribution in [0.4, 0.5) is 9.52 Å². The molecule has 0 saturated heterocycles. The molecule has 2 amide bonds. The van der Waals surface area contributed by atoms with E-state index in [2.05, 4.69) is 41.1 Å². The Morgan fingerprint density at radius 1 is 0.957 bits per heavy atom. The summed E-state index contributed by atoms with van der Waals surface area (Å²) in [6, 6.07) is 13.3. The van der Waals surface area contributed by atoms with Crippen LogP contribution < -0.4 is 10.6 Å². The molecule has 13 nitrogen and oxygen atoms in total. The summed E-state index contributed by atoms with van der Waals surface area (Å²) in [5.41, 5.74) is 2.31. The molecular weight excluding hydrogens is 623 g/mol. The monoisotopic (exact) mass is 652 g/mol. The summed E-state index contributed by atoms with van der Waals surface area (Å²) in [7, 11) is 0. The maximum atomic E-state index is 14.0. The molecule has 6 aromatic rings. The van der Waals surface area contributed by atoms with Gasteiger partial charge in [0.2, 0.25) is 11.8 Å². The van der Waals surface area contributed by atoms with Crippen molar-refractivity contribution in [1.82, 2.24) is 45.4 Å². The molecule has 1 aliphatic rings. The van der Waals surface area contributed by atoms with Crippen molar-refractivity contribution < 1.29 is 18.5 Å². The first-order valence-electron chi connectivity index (χ1n) is 15.2. The molecule has 1 saturated carbocycles. The van der Waals surface area contributed by atoms with Gasteiger partial charge in [0.15, 0.2) is 11.0 Å². The van der Waals surface area contributed by atoms with Gasteiger partial charge < -0.3 is 9.84 Å². The summed E-state index contributed by atoms with van der Waals surface area (Å²) < 4.78 is 21.2. The van der Waals surface area contributed by atoms with Crippen molar-refractivity contribution in [3.63, 3.8) is 0 Å². The Bertz CT molecular complexity index is 2050. The van der Waals surface area contributed by atoms with Crippen LogP contribution in [0.1, 0.15) is 66.3 Å². The van der Waals surface area contributed by atoms with Gasteiger partial charge in [-0.3, -0.25) is 19.9 Å². The van der Waals surface area contributed by atoms with E-state index in [0.29, 0.717) is 41.6 Å². The summed E-state index contributed by atoms with van der Waals surface area (Å²) in [6.45, 7) is 0.186. The van der Waals surface area contributed by atoms with Crippen LogP contribution in [0.25, 0.3) is 22.4 Å². The summed E-state index contributed by atoms with van der Waals surface area (Å²) in [6.07, 6.45) is 8.58. The number of para-hydroxylation sites is 2. The van der Waals surface area contributed by atoms with Crippen molar-refractivity contribution in [3.05, 3.63) is 95.1 Å². The number of hydrogen-bond donors (Lipinski definition) is 2. The standard InChI is InChI=1S/C32H29FN10O3S/c33-22-10-4-3-9-21(22)29(45)38-31-35-20(19-47-31)15-27(44)39-32(13-7-1-2-8-14-32)30-37-28(46-41-30)18-43-17-26(40-42-43)25-16-34-23-11-5-6-12-24(23)36-25/h3-6,9-12,16-17,19H,1-2,7-8,13-15,18H2,(H,39,44)(H,35,38,45). The minimum absolute atomic E-state index is 0.0159. The quantitative estimate of drug-likeness (QED) is 0.201. The molecule has 0 spiro atoms. The number of thiazole rings is 1. The fourth-order valence-corrected chi connectivity index (χ4v) is 6.40. The maximum Gasteiger partial charge on any atom is 0.260 e. The number of fused-ring (bicyclic) bond motifs is 1. The fourth-order valence-electron chi connectivity index (χ4n) is 5.69. The van der Waals surface area contributed by atoms with Gasteiger partial charge in [-0.15, -0.1) is 16.4 Å². The second-order valence-electron chi connectivity index (χ2n) is 11.4. The Kier molecular flexibility index (Phi) is 8.44. The molecule has 0 bridgehead atoms. The Morgan fingerprint density at radius 3 is 2.57 bits per heavy atom. The molecule has 2 aromatic carbocycles. The number of carbonyl (C=O) groups is 2. The van der Waals surface area contributed by atoms with Gasteiger partial charge in [-0.25, -0.2) is 19.0 Å². The number of aromatic nitrogens is 8. The van der Waals surface area contributed by atoms with E-state index in [4.69, 9.17) is 9.51 Å². The second-order valence-corrected chi connectivity index (χ2v) is 12.2. The SMILES string of the molecule is O=C(Cc1csc(NC(=O)c2ccccc2F)n1)NC1(c2noc(Cn3cc(-c4cnc5ccccc5n4)nn3)n2)CCCCCC1. The lowest BCUT2D eigenvalue weighted by Gasteiger charge is -2.30. The van der Waals surface area contributed by atoms with Crippen LogP contribution in [0, 0.1) is 5.82 Å². The summed E-state index contributed by atoms with van der Waals surface area (Å²) in [5, 5.41) is 20.5. The Labute approximate surface area is 271 Å². The smallest absolute Gasteiger partial charge is 0.260 e. The highest BCUT2D eigenvalue weighted by Crippen LogP contribution is 2.35. The molecular formula is C32H29FN10O3S. The predicted molar refractivity (Wildman–Crippen MR) is 170 cm³/mol. The van der Waals surface area contributed by atoms with E-state index in [-0.39, 0.29) is 29.6 Å². The maximum absolute atomic E-state index is 14.0. The molecule has 4 aromatic heterocycles. The first kappa shape index (κ1) is 30.2. The molecule has 238 valence electrons. The van der Waals surface area contributed by atoms with Crippen molar-refractivity contribution in [3.8, 4) is 11.4 Å². The first-order valence-corrected chi connectivity index (χ1v) is 16.1. The van der Waals surface area contributed by atoms with E-state index in [0.717, 1.165) is 48.1 Å². The molecule has 0 atom stereocenters. The van der Waals surface area contributed by atoms with Gasteiger partial charge in [-0.1, -0.05) is 60.3 Å². The molecule has 0 aliphatic heterocycles. The lowest BCUT2D eigenvalue weighted by Crippen LogP contribution is -2.47. The third-order valence-corrected chi connectivity index (χ3v) is 8.82. The number of carbonyl (C=O) groups excluding carboxylic acids is 2. The van der Waals surface area contributed by atoms with E-state index in [1.54, 1.807) is 28.5 Å². The zero-order valence-electron chi connectivity index (χ0n) is 25.1. The van der Waals surface area contributed by atoms with Crippen LogP contribution in [0.5, 0.6) is 0 Å². The molecule has 4 heterocycles. The number of halogens is 1. The number of anilines is 1. The molecule has 1 aliphatic carbocycles. The van der Waals surface area contributed by atoms with Gasteiger partial charge in [0.1, 0.15) is 29.3 Å². The van der Waals surface area contributed by atoms with Crippen LogP contribution in [-0.2, 0) is 23.3 Å².